The maximum atomic E-state index is 10.8. The molecule has 0 spiro atoms. The van der Waals surface area contributed by atoms with Gasteiger partial charge in [-0.2, -0.15) is 0 Å². The molecule has 2 aromatic carbocycles. The fraction of sp³-hybridized carbons (Fsp3) is 0.238. The number of halogens is 1. The molecule has 28 heavy (non-hydrogen) atoms. The molecule has 3 rings (SSSR count). The van der Waals surface area contributed by atoms with Gasteiger partial charge >= 0.3 is 0 Å². The maximum Gasteiger partial charge on any atom is 0.269 e. The SMILES string of the molecule is CC(C)(C)c1nc(/N=C/c2ccc([N+](=O)[O-])cc2)sc1Cc1ccc(Cl)cc1. The first-order chi connectivity index (χ1) is 13.2. The predicted octanol–water partition coefficient (Wildman–Crippen LogP) is 6.34. The van der Waals surface area contributed by atoms with E-state index in [9.17, 15) is 10.1 Å². The number of non-ortho nitro benzene ring substituents is 1. The summed E-state index contributed by atoms with van der Waals surface area (Å²) in [5.41, 5.74) is 2.95. The maximum absolute atomic E-state index is 10.8. The summed E-state index contributed by atoms with van der Waals surface area (Å²) in [6, 6.07) is 14.1. The molecule has 1 heterocycles. The van der Waals surface area contributed by atoms with Crippen molar-refractivity contribution >= 4 is 40.0 Å². The summed E-state index contributed by atoms with van der Waals surface area (Å²) >= 11 is 7.55. The number of hydrogen-bond donors (Lipinski definition) is 0. The third-order valence-electron chi connectivity index (χ3n) is 4.10. The molecule has 0 fully saturated rings. The lowest BCUT2D eigenvalue weighted by Crippen LogP contribution is -2.14. The Bertz CT molecular complexity index is 1000. The molecule has 0 aliphatic rings. The third-order valence-corrected chi connectivity index (χ3v) is 5.32. The van der Waals surface area contributed by atoms with E-state index in [1.165, 1.54) is 22.6 Å². The molecule has 0 radical (unpaired) electrons. The largest absolute Gasteiger partial charge is 0.269 e. The highest BCUT2D eigenvalue weighted by molar-refractivity contribution is 7.15. The van der Waals surface area contributed by atoms with E-state index >= 15 is 0 Å². The van der Waals surface area contributed by atoms with Crippen molar-refractivity contribution in [3.8, 4) is 0 Å². The standard InChI is InChI=1S/C21H20ClN3O2S/c1-21(2,3)19-18(12-14-4-8-16(22)9-5-14)28-20(24-19)23-13-15-6-10-17(11-7-15)25(26)27/h4-11,13H,12H2,1-3H3/b23-13+. The highest BCUT2D eigenvalue weighted by Crippen LogP contribution is 2.35. The molecule has 0 saturated heterocycles. The zero-order chi connectivity index (χ0) is 20.3. The highest BCUT2D eigenvalue weighted by atomic mass is 35.5. The first-order valence-electron chi connectivity index (χ1n) is 8.75. The number of thiazole rings is 1. The Hall–Kier alpha value is -2.57. The lowest BCUT2D eigenvalue weighted by atomic mass is 9.90. The lowest BCUT2D eigenvalue weighted by Gasteiger charge is -2.17. The third kappa shape index (κ3) is 5.03. The molecular weight excluding hydrogens is 394 g/mol. The normalized spacial score (nSPS) is 11.9. The Kier molecular flexibility index (Phi) is 5.91. The van der Waals surface area contributed by atoms with Gasteiger partial charge in [0.25, 0.3) is 5.69 Å². The summed E-state index contributed by atoms with van der Waals surface area (Å²) in [6.07, 6.45) is 2.45. The Labute approximate surface area is 172 Å². The number of hydrogen-bond acceptors (Lipinski definition) is 5. The van der Waals surface area contributed by atoms with Gasteiger partial charge in [0.15, 0.2) is 0 Å². The summed E-state index contributed by atoms with van der Waals surface area (Å²) in [7, 11) is 0. The second-order valence-corrected chi connectivity index (χ2v) is 8.93. The van der Waals surface area contributed by atoms with Gasteiger partial charge in [0.1, 0.15) is 0 Å². The van der Waals surface area contributed by atoms with Crippen LogP contribution in [0.1, 0.15) is 42.5 Å². The smallest absolute Gasteiger partial charge is 0.258 e. The fourth-order valence-electron chi connectivity index (χ4n) is 2.70. The van der Waals surface area contributed by atoms with E-state index in [0.717, 1.165) is 22.7 Å². The van der Waals surface area contributed by atoms with Crippen LogP contribution in [0.15, 0.2) is 53.5 Å². The summed E-state index contributed by atoms with van der Waals surface area (Å²) in [6.45, 7) is 6.41. The Morgan fingerprint density at radius 3 is 2.36 bits per heavy atom. The van der Waals surface area contributed by atoms with Crippen LogP contribution in [0.4, 0.5) is 10.8 Å². The van der Waals surface area contributed by atoms with Crippen molar-refractivity contribution in [1.29, 1.82) is 0 Å². The molecule has 0 atom stereocenters. The van der Waals surface area contributed by atoms with Crippen molar-refractivity contribution in [3.63, 3.8) is 0 Å². The highest BCUT2D eigenvalue weighted by Gasteiger charge is 2.23. The predicted molar refractivity (Wildman–Crippen MR) is 115 cm³/mol. The zero-order valence-electron chi connectivity index (χ0n) is 15.8. The zero-order valence-corrected chi connectivity index (χ0v) is 17.4. The summed E-state index contributed by atoms with van der Waals surface area (Å²) in [5, 5.41) is 12.1. The number of nitro benzene ring substituents is 1. The number of aliphatic imine (C=N–C) groups is 1. The molecule has 144 valence electrons. The van der Waals surface area contributed by atoms with Crippen molar-refractivity contribution in [2.75, 3.05) is 0 Å². The molecule has 0 N–H and O–H groups in total. The van der Waals surface area contributed by atoms with E-state index in [1.54, 1.807) is 29.7 Å². The minimum atomic E-state index is -0.416. The molecule has 5 nitrogen and oxygen atoms in total. The van der Waals surface area contributed by atoms with Gasteiger partial charge < -0.3 is 0 Å². The van der Waals surface area contributed by atoms with Gasteiger partial charge in [0.05, 0.1) is 10.6 Å². The quantitative estimate of drug-likeness (QED) is 0.278. The van der Waals surface area contributed by atoms with Crippen LogP contribution in [0.2, 0.25) is 5.02 Å². The van der Waals surface area contributed by atoms with Crippen molar-refractivity contribution < 1.29 is 4.92 Å². The second kappa shape index (κ2) is 8.20. The van der Waals surface area contributed by atoms with Crippen molar-refractivity contribution in [3.05, 3.63) is 85.4 Å². The van der Waals surface area contributed by atoms with Crippen molar-refractivity contribution in [2.45, 2.75) is 32.6 Å². The van der Waals surface area contributed by atoms with Gasteiger partial charge in [0, 0.05) is 40.1 Å². The molecule has 0 aliphatic heterocycles. The van der Waals surface area contributed by atoms with Crippen molar-refractivity contribution in [1.82, 2.24) is 4.98 Å². The van der Waals surface area contributed by atoms with Crippen LogP contribution in [0.25, 0.3) is 0 Å². The van der Waals surface area contributed by atoms with Crippen LogP contribution in [0.3, 0.4) is 0 Å². The average Bonchev–Trinajstić information content (AvgIpc) is 3.05. The van der Waals surface area contributed by atoms with Gasteiger partial charge in [-0.15, -0.1) is 0 Å². The van der Waals surface area contributed by atoms with Gasteiger partial charge in [-0.3, -0.25) is 10.1 Å². The van der Waals surface area contributed by atoms with Crippen molar-refractivity contribution in [2.24, 2.45) is 4.99 Å². The summed E-state index contributed by atoms with van der Waals surface area (Å²) in [4.78, 5) is 20.7. The summed E-state index contributed by atoms with van der Waals surface area (Å²) < 4.78 is 0. The number of aromatic nitrogens is 1. The lowest BCUT2D eigenvalue weighted by molar-refractivity contribution is -0.384. The molecule has 7 heteroatoms. The van der Waals surface area contributed by atoms with Gasteiger partial charge in [-0.25, -0.2) is 9.98 Å². The molecule has 1 aromatic heterocycles. The summed E-state index contributed by atoms with van der Waals surface area (Å²) in [5.74, 6) is 0. The van der Waals surface area contributed by atoms with Crippen LogP contribution in [0.5, 0.6) is 0 Å². The minimum Gasteiger partial charge on any atom is -0.258 e. The average molecular weight is 414 g/mol. The van der Waals surface area contributed by atoms with E-state index < -0.39 is 4.92 Å². The van der Waals surface area contributed by atoms with Crippen LogP contribution in [-0.2, 0) is 11.8 Å². The molecular formula is C21H20ClN3O2S. The molecule has 0 bridgehead atoms. The molecule has 0 aliphatic carbocycles. The van der Waals surface area contributed by atoms with Gasteiger partial charge in [0.2, 0.25) is 5.13 Å². The Balaban J connectivity index is 1.86. The number of rotatable bonds is 5. The van der Waals surface area contributed by atoms with E-state index in [1.807, 2.05) is 24.3 Å². The van der Waals surface area contributed by atoms with E-state index in [2.05, 4.69) is 25.8 Å². The fourth-order valence-corrected chi connectivity index (χ4v) is 3.98. The first-order valence-corrected chi connectivity index (χ1v) is 9.95. The topological polar surface area (TPSA) is 68.4 Å². The van der Waals surface area contributed by atoms with Crippen LogP contribution < -0.4 is 0 Å². The van der Waals surface area contributed by atoms with E-state index in [0.29, 0.717) is 5.13 Å². The number of nitrogens with zero attached hydrogens (tertiary/aromatic N) is 3. The van der Waals surface area contributed by atoms with Gasteiger partial charge in [-0.05, 0) is 35.4 Å². The molecule has 0 amide bonds. The van der Waals surface area contributed by atoms with Crippen LogP contribution >= 0.6 is 22.9 Å². The molecule has 3 aromatic rings. The van der Waals surface area contributed by atoms with Gasteiger partial charge in [-0.1, -0.05) is 55.8 Å². The molecule has 0 saturated carbocycles. The van der Waals surface area contributed by atoms with Crippen LogP contribution in [-0.4, -0.2) is 16.1 Å². The Morgan fingerprint density at radius 2 is 1.79 bits per heavy atom. The van der Waals surface area contributed by atoms with Crippen LogP contribution in [0, 0.1) is 10.1 Å². The molecule has 0 unspecified atom stereocenters. The monoisotopic (exact) mass is 413 g/mol. The Morgan fingerprint density at radius 1 is 1.14 bits per heavy atom. The minimum absolute atomic E-state index is 0.0617. The number of nitro groups is 1. The number of benzene rings is 2. The second-order valence-electron chi connectivity index (χ2n) is 7.43. The van der Waals surface area contributed by atoms with E-state index in [-0.39, 0.29) is 11.1 Å². The van der Waals surface area contributed by atoms with E-state index in [4.69, 9.17) is 16.6 Å². The first kappa shape index (κ1) is 20.2.